The van der Waals surface area contributed by atoms with Crippen LogP contribution in [0.5, 0.6) is 0 Å². The van der Waals surface area contributed by atoms with Gasteiger partial charge in [-0.15, -0.1) is 0 Å². The lowest BCUT2D eigenvalue weighted by atomic mass is 10.0. The summed E-state index contributed by atoms with van der Waals surface area (Å²) in [7, 11) is 0. The van der Waals surface area contributed by atoms with Crippen molar-refractivity contribution in [1.82, 2.24) is 0 Å². The number of Topliss-reactive ketones (excluding diaryl/α,β-unsaturated/α-hetero) is 2. The second kappa shape index (κ2) is 15.8. The van der Waals surface area contributed by atoms with Crippen LogP contribution in [-0.2, 0) is 9.59 Å². The van der Waals surface area contributed by atoms with Crippen LogP contribution in [0.1, 0.15) is 128 Å². The van der Waals surface area contributed by atoms with E-state index in [0.29, 0.717) is 11.6 Å². The van der Waals surface area contributed by atoms with Crippen molar-refractivity contribution in [3.8, 4) is 0 Å². The number of rotatable bonds is 0. The predicted octanol–water partition coefficient (Wildman–Crippen LogP) is 6.94. The Hall–Kier alpha value is -0.660. The first kappa shape index (κ1) is 21.4. The van der Waals surface area contributed by atoms with Gasteiger partial charge in [0.15, 0.2) is 0 Å². The third-order valence-corrected chi connectivity index (χ3v) is 5.32. The van der Waals surface area contributed by atoms with Crippen LogP contribution < -0.4 is 0 Å². The Morgan fingerprint density at radius 3 is 0.667 bits per heavy atom. The largest absolute Gasteiger partial charge is 0.300 e. The average Bonchev–Trinajstić information content (AvgIpc) is 2.57. The topological polar surface area (TPSA) is 34.1 Å². The highest BCUT2D eigenvalue weighted by Gasteiger charge is 2.04. The van der Waals surface area contributed by atoms with Crippen molar-refractivity contribution in [1.29, 1.82) is 0 Å². The highest BCUT2D eigenvalue weighted by molar-refractivity contribution is 5.78. The van der Waals surface area contributed by atoms with Gasteiger partial charge >= 0.3 is 0 Å². The molecule has 0 aromatic carbocycles. The maximum absolute atomic E-state index is 11.8. The fourth-order valence-electron chi connectivity index (χ4n) is 3.66. The molecule has 1 rings (SSSR count). The lowest BCUT2D eigenvalue weighted by Crippen LogP contribution is -1.98. The predicted molar refractivity (Wildman–Crippen MR) is 102 cm³/mol. The van der Waals surface area contributed by atoms with E-state index in [1.54, 1.807) is 0 Å². The molecule has 1 aliphatic rings. The molecular formula is C22H40O2. The molecule has 0 aromatic rings. The zero-order valence-electron chi connectivity index (χ0n) is 16.0. The van der Waals surface area contributed by atoms with Crippen LogP contribution in [0.3, 0.4) is 0 Å². The number of hydrogen-bond acceptors (Lipinski definition) is 2. The third kappa shape index (κ3) is 13.7. The molecule has 0 spiro atoms. The molecular weight excluding hydrogens is 296 g/mol. The number of ketones is 2. The minimum absolute atomic E-state index is 0.488. The van der Waals surface area contributed by atoms with E-state index in [-0.39, 0.29) is 0 Å². The van der Waals surface area contributed by atoms with E-state index in [1.807, 2.05) is 0 Å². The highest BCUT2D eigenvalue weighted by atomic mass is 16.1. The Kier molecular flexibility index (Phi) is 14.1. The lowest BCUT2D eigenvalue weighted by Gasteiger charge is -2.05. The van der Waals surface area contributed by atoms with Crippen molar-refractivity contribution in [3.63, 3.8) is 0 Å². The summed E-state index contributed by atoms with van der Waals surface area (Å²) in [5.74, 6) is 0.976. The van der Waals surface area contributed by atoms with Gasteiger partial charge in [0.05, 0.1) is 0 Å². The molecule has 1 fully saturated rings. The monoisotopic (exact) mass is 336 g/mol. The van der Waals surface area contributed by atoms with E-state index in [0.717, 1.165) is 51.4 Å². The standard InChI is InChI=1S/C22H40O2/c23-21-17-13-9-5-1-2-6-10-14-18-22(24)20-16-12-8-4-3-7-11-15-19-21/h1-20H2. The fourth-order valence-corrected chi connectivity index (χ4v) is 3.66. The van der Waals surface area contributed by atoms with E-state index in [2.05, 4.69) is 0 Å². The summed E-state index contributed by atoms with van der Waals surface area (Å²) in [6.07, 6.45) is 22.7. The van der Waals surface area contributed by atoms with E-state index in [4.69, 9.17) is 0 Å². The van der Waals surface area contributed by atoms with Gasteiger partial charge in [-0.25, -0.2) is 0 Å². The van der Waals surface area contributed by atoms with Crippen LogP contribution in [-0.4, -0.2) is 11.6 Å². The molecule has 0 aliphatic heterocycles. The van der Waals surface area contributed by atoms with Crippen molar-refractivity contribution in [2.45, 2.75) is 128 Å². The quantitative estimate of drug-likeness (QED) is 0.480. The van der Waals surface area contributed by atoms with Crippen LogP contribution in [0.2, 0.25) is 0 Å². The molecule has 0 atom stereocenters. The van der Waals surface area contributed by atoms with Crippen LogP contribution in [0.4, 0.5) is 0 Å². The van der Waals surface area contributed by atoms with Gasteiger partial charge in [-0.05, 0) is 25.7 Å². The van der Waals surface area contributed by atoms with Gasteiger partial charge in [0.2, 0.25) is 0 Å². The van der Waals surface area contributed by atoms with Gasteiger partial charge in [-0.1, -0.05) is 77.0 Å². The van der Waals surface area contributed by atoms with Crippen molar-refractivity contribution < 1.29 is 9.59 Å². The van der Waals surface area contributed by atoms with Crippen LogP contribution in [0.25, 0.3) is 0 Å². The van der Waals surface area contributed by atoms with Gasteiger partial charge in [0.1, 0.15) is 11.6 Å². The molecule has 0 aromatic heterocycles. The number of carbonyl (C=O) groups is 2. The molecule has 1 aliphatic carbocycles. The molecule has 0 heterocycles. The maximum Gasteiger partial charge on any atom is 0.132 e. The summed E-state index contributed by atoms with van der Waals surface area (Å²) in [4.78, 5) is 23.7. The molecule has 24 heavy (non-hydrogen) atoms. The van der Waals surface area contributed by atoms with Gasteiger partial charge in [-0.2, -0.15) is 0 Å². The van der Waals surface area contributed by atoms with E-state index < -0.39 is 0 Å². The molecule has 0 bridgehead atoms. The summed E-state index contributed by atoms with van der Waals surface area (Å²) in [5, 5.41) is 0. The summed E-state index contributed by atoms with van der Waals surface area (Å²) in [6.45, 7) is 0. The first-order chi connectivity index (χ1) is 11.8. The Bertz CT molecular complexity index is 262. The zero-order chi connectivity index (χ0) is 17.3. The SMILES string of the molecule is O=C1CCCCCCCCCCC(=O)CCCCCCCCCC1. The third-order valence-electron chi connectivity index (χ3n) is 5.32. The summed E-state index contributed by atoms with van der Waals surface area (Å²) in [5.41, 5.74) is 0. The second-order valence-electron chi connectivity index (χ2n) is 7.73. The van der Waals surface area contributed by atoms with E-state index >= 15 is 0 Å². The summed E-state index contributed by atoms with van der Waals surface area (Å²) >= 11 is 0. The number of hydrogen-bond donors (Lipinski definition) is 0. The van der Waals surface area contributed by atoms with E-state index in [1.165, 1.54) is 77.0 Å². The van der Waals surface area contributed by atoms with Crippen LogP contribution in [0, 0.1) is 0 Å². The van der Waals surface area contributed by atoms with E-state index in [9.17, 15) is 9.59 Å². The first-order valence-corrected chi connectivity index (χ1v) is 10.8. The molecule has 0 radical (unpaired) electrons. The smallest absolute Gasteiger partial charge is 0.132 e. The Morgan fingerprint density at radius 2 is 0.458 bits per heavy atom. The summed E-state index contributed by atoms with van der Waals surface area (Å²) in [6, 6.07) is 0. The van der Waals surface area contributed by atoms with Gasteiger partial charge in [0, 0.05) is 25.7 Å². The molecule has 0 N–H and O–H groups in total. The average molecular weight is 337 g/mol. The Morgan fingerprint density at radius 1 is 0.292 bits per heavy atom. The first-order valence-electron chi connectivity index (χ1n) is 10.8. The normalized spacial score (nSPS) is 23.2. The van der Waals surface area contributed by atoms with Gasteiger partial charge in [-0.3, -0.25) is 9.59 Å². The molecule has 0 unspecified atom stereocenters. The van der Waals surface area contributed by atoms with Gasteiger partial charge in [0.25, 0.3) is 0 Å². The Labute approximate surface area is 150 Å². The zero-order valence-corrected chi connectivity index (χ0v) is 16.0. The van der Waals surface area contributed by atoms with Crippen LogP contribution in [0.15, 0.2) is 0 Å². The second-order valence-corrected chi connectivity index (χ2v) is 7.73. The molecule has 140 valence electrons. The molecule has 0 amide bonds. The molecule has 1 saturated carbocycles. The maximum atomic E-state index is 11.8. The van der Waals surface area contributed by atoms with Crippen molar-refractivity contribution in [2.24, 2.45) is 0 Å². The van der Waals surface area contributed by atoms with Crippen molar-refractivity contribution in [2.75, 3.05) is 0 Å². The molecule has 2 heteroatoms. The number of carbonyl (C=O) groups excluding carboxylic acids is 2. The fraction of sp³-hybridized carbons (Fsp3) is 0.909. The van der Waals surface area contributed by atoms with Gasteiger partial charge < -0.3 is 0 Å². The molecule has 2 nitrogen and oxygen atoms in total. The van der Waals surface area contributed by atoms with Crippen LogP contribution >= 0.6 is 0 Å². The highest BCUT2D eigenvalue weighted by Crippen LogP contribution is 2.15. The minimum atomic E-state index is 0.488. The lowest BCUT2D eigenvalue weighted by molar-refractivity contribution is -0.120. The summed E-state index contributed by atoms with van der Waals surface area (Å²) < 4.78 is 0. The van der Waals surface area contributed by atoms with Crippen molar-refractivity contribution >= 4 is 11.6 Å². The van der Waals surface area contributed by atoms with Crippen molar-refractivity contribution in [3.05, 3.63) is 0 Å². The molecule has 0 saturated heterocycles. The Balaban J connectivity index is 2.16. The minimum Gasteiger partial charge on any atom is -0.300 e.